The molecule has 5 heteroatoms. The molecule has 2 aliphatic rings. The van der Waals surface area contributed by atoms with E-state index in [2.05, 4.69) is 27.4 Å². The Hall–Kier alpha value is -0.810. The van der Waals surface area contributed by atoms with Crippen LogP contribution in [-0.2, 0) is 4.74 Å². The average molecular weight is 353 g/mol. The lowest BCUT2D eigenvalue weighted by atomic mass is 9.98. The summed E-state index contributed by atoms with van der Waals surface area (Å²) in [6.45, 7) is 9.61. The zero-order valence-corrected chi connectivity index (χ0v) is 16.4. The van der Waals surface area contributed by atoms with Gasteiger partial charge in [0.1, 0.15) is 0 Å². The number of ether oxygens (including phenoxy) is 1. The van der Waals surface area contributed by atoms with Crippen molar-refractivity contribution in [3.63, 3.8) is 0 Å². The molecule has 2 fully saturated rings. The second kappa shape index (κ2) is 13.4. The Morgan fingerprint density at radius 3 is 2.56 bits per heavy atom. The van der Waals surface area contributed by atoms with Gasteiger partial charge in [0.25, 0.3) is 0 Å². The SMILES string of the molecule is CCNC(=NCCCOC1CCCCC1)NCCCCN1CCCC1. The third-order valence-corrected chi connectivity index (χ3v) is 5.21. The normalized spacial score (nSPS) is 20.1. The highest BCUT2D eigenvalue weighted by molar-refractivity contribution is 5.79. The van der Waals surface area contributed by atoms with Gasteiger partial charge in [-0.15, -0.1) is 0 Å². The van der Waals surface area contributed by atoms with E-state index in [4.69, 9.17) is 4.74 Å². The first-order chi connectivity index (χ1) is 12.4. The van der Waals surface area contributed by atoms with E-state index >= 15 is 0 Å². The number of guanidine groups is 1. The number of likely N-dealkylation sites (tertiary alicyclic amines) is 1. The maximum Gasteiger partial charge on any atom is 0.191 e. The van der Waals surface area contributed by atoms with Crippen molar-refractivity contribution in [1.29, 1.82) is 0 Å². The van der Waals surface area contributed by atoms with Crippen LogP contribution in [0.25, 0.3) is 0 Å². The van der Waals surface area contributed by atoms with Gasteiger partial charge in [-0.2, -0.15) is 0 Å². The van der Waals surface area contributed by atoms with Crippen molar-refractivity contribution in [2.75, 3.05) is 45.9 Å². The molecule has 1 heterocycles. The van der Waals surface area contributed by atoms with Crippen molar-refractivity contribution in [1.82, 2.24) is 15.5 Å². The average Bonchev–Trinajstić information content (AvgIpc) is 3.15. The fourth-order valence-corrected chi connectivity index (χ4v) is 3.75. The first-order valence-corrected chi connectivity index (χ1v) is 10.7. The molecule has 146 valence electrons. The predicted molar refractivity (Wildman–Crippen MR) is 106 cm³/mol. The number of nitrogens with one attached hydrogen (secondary N) is 2. The number of rotatable bonds is 11. The summed E-state index contributed by atoms with van der Waals surface area (Å²) in [7, 11) is 0. The monoisotopic (exact) mass is 352 g/mol. The van der Waals surface area contributed by atoms with Gasteiger partial charge in [0.2, 0.25) is 0 Å². The molecular weight excluding hydrogens is 312 g/mol. The zero-order chi connectivity index (χ0) is 17.6. The van der Waals surface area contributed by atoms with Gasteiger partial charge < -0.3 is 20.3 Å². The van der Waals surface area contributed by atoms with E-state index < -0.39 is 0 Å². The summed E-state index contributed by atoms with van der Waals surface area (Å²) in [5.74, 6) is 0.960. The van der Waals surface area contributed by atoms with E-state index in [0.29, 0.717) is 6.10 Å². The lowest BCUT2D eigenvalue weighted by Gasteiger charge is -2.21. The second-order valence-electron chi connectivity index (χ2n) is 7.43. The van der Waals surface area contributed by atoms with Crippen LogP contribution in [0.5, 0.6) is 0 Å². The molecule has 0 spiro atoms. The van der Waals surface area contributed by atoms with Crippen LogP contribution < -0.4 is 10.6 Å². The Bertz CT molecular complexity index is 350. The van der Waals surface area contributed by atoms with Crippen molar-refractivity contribution >= 4 is 5.96 Å². The molecule has 1 saturated carbocycles. The number of hydrogen-bond acceptors (Lipinski definition) is 3. The maximum atomic E-state index is 5.97. The Kier molecular flexibility index (Phi) is 11.0. The summed E-state index contributed by atoms with van der Waals surface area (Å²) in [5.41, 5.74) is 0. The Balaban J connectivity index is 1.49. The molecule has 2 rings (SSSR count). The van der Waals surface area contributed by atoms with E-state index in [0.717, 1.165) is 38.6 Å². The summed E-state index contributed by atoms with van der Waals surface area (Å²) in [6.07, 6.45) is 13.4. The van der Waals surface area contributed by atoms with E-state index in [1.807, 2.05) is 0 Å². The molecule has 25 heavy (non-hydrogen) atoms. The van der Waals surface area contributed by atoms with Gasteiger partial charge >= 0.3 is 0 Å². The summed E-state index contributed by atoms with van der Waals surface area (Å²) < 4.78 is 5.97. The molecule has 2 N–H and O–H groups in total. The van der Waals surface area contributed by atoms with Crippen LogP contribution in [0.4, 0.5) is 0 Å². The lowest BCUT2D eigenvalue weighted by molar-refractivity contribution is 0.0281. The van der Waals surface area contributed by atoms with Gasteiger partial charge in [-0.05, 0) is 71.5 Å². The van der Waals surface area contributed by atoms with Gasteiger partial charge in [0.15, 0.2) is 5.96 Å². The number of aliphatic imine (C=N–C) groups is 1. The molecule has 0 aromatic carbocycles. The van der Waals surface area contributed by atoms with Crippen LogP contribution in [0.2, 0.25) is 0 Å². The molecule has 0 radical (unpaired) electrons. The molecule has 1 saturated heterocycles. The van der Waals surface area contributed by atoms with Gasteiger partial charge in [0.05, 0.1) is 6.10 Å². The third-order valence-electron chi connectivity index (χ3n) is 5.21. The highest BCUT2D eigenvalue weighted by atomic mass is 16.5. The fraction of sp³-hybridized carbons (Fsp3) is 0.950. The van der Waals surface area contributed by atoms with Crippen molar-refractivity contribution in [3.8, 4) is 0 Å². The third kappa shape index (κ3) is 9.45. The minimum atomic E-state index is 0.514. The molecule has 0 unspecified atom stereocenters. The second-order valence-corrected chi connectivity index (χ2v) is 7.43. The van der Waals surface area contributed by atoms with Crippen LogP contribution in [0.1, 0.15) is 71.1 Å². The standard InChI is InChI=1S/C20H40N4O/c1-2-21-20(22-13-6-7-15-24-16-8-9-17-24)23-14-10-18-25-19-11-4-3-5-12-19/h19H,2-18H2,1H3,(H2,21,22,23). The smallest absolute Gasteiger partial charge is 0.191 e. The molecule has 1 aliphatic heterocycles. The summed E-state index contributed by atoms with van der Waals surface area (Å²) in [6, 6.07) is 0. The molecule has 0 aromatic heterocycles. The first-order valence-electron chi connectivity index (χ1n) is 10.7. The Morgan fingerprint density at radius 1 is 1.00 bits per heavy atom. The quantitative estimate of drug-likeness (QED) is 0.341. The van der Waals surface area contributed by atoms with Crippen molar-refractivity contribution in [2.45, 2.75) is 77.2 Å². The number of nitrogens with zero attached hydrogens (tertiary/aromatic N) is 2. The molecule has 5 nitrogen and oxygen atoms in total. The van der Waals surface area contributed by atoms with Crippen molar-refractivity contribution in [2.24, 2.45) is 4.99 Å². The topological polar surface area (TPSA) is 48.9 Å². The van der Waals surface area contributed by atoms with Crippen LogP contribution in [-0.4, -0.2) is 62.8 Å². The van der Waals surface area contributed by atoms with Crippen LogP contribution in [0.3, 0.4) is 0 Å². The van der Waals surface area contributed by atoms with Crippen LogP contribution in [0.15, 0.2) is 4.99 Å². The van der Waals surface area contributed by atoms with E-state index in [1.54, 1.807) is 0 Å². The number of hydrogen-bond donors (Lipinski definition) is 2. The maximum absolute atomic E-state index is 5.97. The highest BCUT2D eigenvalue weighted by Crippen LogP contribution is 2.20. The minimum Gasteiger partial charge on any atom is -0.378 e. The summed E-state index contributed by atoms with van der Waals surface area (Å²) in [4.78, 5) is 7.26. The van der Waals surface area contributed by atoms with Crippen molar-refractivity contribution in [3.05, 3.63) is 0 Å². The lowest BCUT2D eigenvalue weighted by Crippen LogP contribution is -2.38. The van der Waals surface area contributed by atoms with Gasteiger partial charge in [-0.25, -0.2) is 0 Å². The van der Waals surface area contributed by atoms with E-state index in [9.17, 15) is 0 Å². The molecule has 0 amide bonds. The summed E-state index contributed by atoms with van der Waals surface area (Å²) >= 11 is 0. The summed E-state index contributed by atoms with van der Waals surface area (Å²) in [5, 5.41) is 6.81. The molecular formula is C20H40N4O. The van der Waals surface area contributed by atoms with Gasteiger partial charge in [-0.3, -0.25) is 4.99 Å². The fourth-order valence-electron chi connectivity index (χ4n) is 3.75. The molecule has 1 aliphatic carbocycles. The molecule has 0 atom stereocenters. The number of unbranched alkanes of at least 4 members (excludes halogenated alkanes) is 1. The first kappa shape index (κ1) is 20.5. The molecule has 0 bridgehead atoms. The van der Waals surface area contributed by atoms with Crippen LogP contribution in [0, 0.1) is 0 Å². The highest BCUT2D eigenvalue weighted by Gasteiger charge is 2.13. The Labute approximate surface area is 155 Å². The minimum absolute atomic E-state index is 0.514. The van der Waals surface area contributed by atoms with E-state index in [-0.39, 0.29) is 0 Å². The van der Waals surface area contributed by atoms with Gasteiger partial charge in [0, 0.05) is 26.2 Å². The largest absolute Gasteiger partial charge is 0.378 e. The molecule has 0 aromatic rings. The van der Waals surface area contributed by atoms with E-state index in [1.165, 1.54) is 77.4 Å². The van der Waals surface area contributed by atoms with Gasteiger partial charge in [-0.1, -0.05) is 19.3 Å². The predicted octanol–water partition coefficient (Wildman–Crippen LogP) is 3.16. The zero-order valence-electron chi connectivity index (χ0n) is 16.4. The Morgan fingerprint density at radius 2 is 1.80 bits per heavy atom. The van der Waals surface area contributed by atoms with Crippen molar-refractivity contribution < 1.29 is 4.74 Å². The van der Waals surface area contributed by atoms with Crippen LogP contribution >= 0.6 is 0 Å².